The second-order valence-corrected chi connectivity index (χ2v) is 14.0. The molecule has 10 aromatic rings. The van der Waals surface area contributed by atoms with Crippen LogP contribution in [0.1, 0.15) is 0 Å². The molecule has 4 heterocycles. The minimum absolute atomic E-state index is 0. The van der Waals surface area contributed by atoms with Crippen LogP contribution in [0.5, 0.6) is 0 Å². The van der Waals surface area contributed by atoms with E-state index < -0.39 is 22.7 Å². The van der Waals surface area contributed by atoms with Crippen molar-refractivity contribution in [3.63, 3.8) is 0 Å². The summed E-state index contributed by atoms with van der Waals surface area (Å²) in [5.74, 6) is 0. The van der Waals surface area contributed by atoms with Crippen LogP contribution in [0.25, 0.3) is 88.1 Å². The molecule has 0 aliphatic carbocycles. The summed E-state index contributed by atoms with van der Waals surface area (Å²) in [6, 6.07) is 59.1. The topological polar surface area (TPSA) is 175 Å². The number of aromatic nitrogens is 4. The van der Waals surface area contributed by atoms with E-state index in [4.69, 9.17) is 26.6 Å². The fraction of sp³-hybridized carbons (Fsp3) is 0. The molecule has 0 amide bonds. The Hall–Kier alpha value is -4.90. The van der Waals surface area contributed by atoms with Gasteiger partial charge in [0.1, 0.15) is 0 Å². The van der Waals surface area contributed by atoms with E-state index in [2.05, 4.69) is 178 Å². The Kier molecular flexibility index (Phi) is 18.3. The van der Waals surface area contributed by atoms with Crippen LogP contribution in [0.15, 0.2) is 195 Å². The molecule has 4 aromatic heterocycles. The van der Waals surface area contributed by atoms with Crippen molar-refractivity contribution >= 4 is 125 Å². The van der Waals surface area contributed by atoms with Gasteiger partial charge in [-0.15, -0.1) is 0 Å². The largest absolute Gasteiger partial charge is 0.750 e. The van der Waals surface area contributed by atoms with Crippen molar-refractivity contribution < 1.29 is 36.6 Å². The van der Waals surface area contributed by atoms with Crippen molar-refractivity contribution in [2.24, 2.45) is 0 Å². The molecular weight excluding hydrogens is 839 g/mol. The normalized spacial score (nSPS) is 11.3. The van der Waals surface area contributed by atoms with Gasteiger partial charge in [-0.3, -0.25) is 9.97 Å². The second-order valence-electron chi connectivity index (χ2n) is 13.2. The Morgan fingerprint density at radius 1 is 0.387 bits per heavy atom. The summed E-state index contributed by atoms with van der Waals surface area (Å²) in [5.41, 5.74) is 13.8. The van der Waals surface area contributed by atoms with Crippen LogP contribution < -0.4 is 9.97 Å². The van der Waals surface area contributed by atoms with Gasteiger partial charge < -0.3 is 18.2 Å². The van der Waals surface area contributed by atoms with Crippen LogP contribution in [0.4, 0.5) is 0 Å². The first-order valence-corrected chi connectivity index (χ1v) is 20.6. The summed E-state index contributed by atoms with van der Waals surface area (Å²) in [7, 11) is 0. The number of fused-ring (bicyclic) bond motifs is 6. The van der Waals surface area contributed by atoms with Crippen LogP contribution in [0.3, 0.4) is 0 Å². The van der Waals surface area contributed by atoms with Gasteiger partial charge in [-0.25, -0.2) is 18.4 Å². The van der Waals surface area contributed by atoms with E-state index in [1.54, 1.807) is 0 Å². The third-order valence-corrected chi connectivity index (χ3v) is 9.70. The van der Waals surface area contributed by atoms with Gasteiger partial charge in [-0.05, 0) is 57.6 Å². The molecule has 298 valence electrons. The van der Waals surface area contributed by atoms with Crippen LogP contribution >= 0.6 is 0 Å². The Labute approximate surface area is 407 Å². The fourth-order valence-electron chi connectivity index (χ4n) is 7.25. The maximum Gasteiger partial charge on any atom is 0.284 e. The summed E-state index contributed by atoms with van der Waals surface area (Å²) >= 11 is -5.72. The molecule has 2 radical (unpaired) electrons. The van der Waals surface area contributed by atoms with Crippen molar-refractivity contribution in [1.29, 1.82) is 0 Å². The van der Waals surface area contributed by atoms with Crippen molar-refractivity contribution in [3.05, 3.63) is 195 Å². The molecule has 0 aliphatic heterocycles. The monoisotopic (exact) mass is 874 g/mol. The Bertz CT molecular complexity index is 2670. The van der Waals surface area contributed by atoms with Gasteiger partial charge in [-0.1, -0.05) is 133 Å². The number of nitrogens with one attached hydrogen (secondary N) is 2. The molecule has 10 nitrogen and oxygen atoms in total. The molecule has 4 N–H and O–H groups in total. The van der Waals surface area contributed by atoms with Gasteiger partial charge in [0.2, 0.25) is 0 Å². The first-order valence-electron chi connectivity index (χ1n) is 18.5. The molecule has 0 saturated heterocycles. The quantitative estimate of drug-likeness (QED) is 0.100. The van der Waals surface area contributed by atoms with E-state index in [0.29, 0.717) is 0 Å². The summed E-state index contributed by atoms with van der Waals surface area (Å²) in [5, 5.41) is 4.69. The number of pyridine rings is 4. The van der Waals surface area contributed by atoms with Crippen LogP contribution in [-0.4, -0.2) is 95.7 Å². The van der Waals surface area contributed by atoms with Crippen molar-refractivity contribution in [1.82, 2.24) is 9.97 Å². The predicted octanol–water partition coefficient (Wildman–Crippen LogP) is 8.99. The Balaban J connectivity index is 0.000000195. The number of rotatable bonds is 4. The smallest absolute Gasteiger partial charge is 0.284 e. The predicted molar refractivity (Wildman–Crippen MR) is 248 cm³/mol. The first-order chi connectivity index (χ1) is 29.3. The molecule has 0 fully saturated rings. The molecular formula is C48H36N4Na2O6S2. The Morgan fingerprint density at radius 2 is 0.645 bits per heavy atom. The van der Waals surface area contributed by atoms with Gasteiger partial charge in [0.15, 0.2) is 12.4 Å². The second kappa shape index (κ2) is 23.5. The standard InChI is InChI=1S/2C24H16N2.2Na.2H2O3S/c2*1-3-7-17(8-4-1)19-13-15-25-23-21(19)11-12-22-20(14-16-26-24(22)23)18-9-5-2-6-10-18;;;2*1-4(2)3/h2*1-16H;;;2*(H2,1,2,3). The van der Waals surface area contributed by atoms with Crippen molar-refractivity contribution in [3.8, 4) is 44.5 Å². The molecule has 0 spiro atoms. The van der Waals surface area contributed by atoms with Gasteiger partial charge in [-0.2, -0.15) is 0 Å². The van der Waals surface area contributed by atoms with Gasteiger partial charge in [0.25, 0.3) is 11.0 Å². The molecule has 2 unspecified atom stereocenters. The molecule has 10 rings (SSSR count). The number of hydrogen-bond donors (Lipinski definition) is 2. The van der Waals surface area contributed by atoms with E-state index in [1.807, 2.05) is 36.9 Å². The minimum atomic E-state index is -2.86. The fourth-order valence-corrected chi connectivity index (χ4v) is 7.25. The summed E-state index contributed by atoms with van der Waals surface area (Å²) < 4.78 is 48.2. The molecule has 0 aliphatic rings. The van der Waals surface area contributed by atoms with E-state index in [9.17, 15) is 0 Å². The van der Waals surface area contributed by atoms with E-state index in [-0.39, 0.29) is 59.1 Å². The van der Waals surface area contributed by atoms with E-state index >= 15 is 0 Å². The first kappa shape index (κ1) is 48.1. The summed E-state index contributed by atoms with van der Waals surface area (Å²) in [6.07, 6.45) is 7.79. The van der Waals surface area contributed by atoms with Crippen molar-refractivity contribution in [2.75, 3.05) is 0 Å². The van der Waals surface area contributed by atoms with Gasteiger partial charge in [0, 0.05) is 106 Å². The average Bonchev–Trinajstić information content (AvgIpc) is 3.29. The number of H-pyrrole nitrogens is 2. The van der Waals surface area contributed by atoms with E-state index in [1.165, 1.54) is 55.3 Å². The third kappa shape index (κ3) is 11.8. The molecule has 6 aromatic carbocycles. The molecule has 0 bridgehead atoms. The summed E-state index contributed by atoms with van der Waals surface area (Å²) in [6.45, 7) is 0. The van der Waals surface area contributed by atoms with Crippen LogP contribution in [0, 0.1) is 0 Å². The van der Waals surface area contributed by atoms with Crippen LogP contribution in [0.2, 0.25) is 0 Å². The zero-order chi connectivity index (χ0) is 41.8. The minimum Gasteiger partial charge on any atom is -0.750 e. The molecule has 0 saturated carbocycles. The third-order valence-electron chi connectivity index (χ3n) is 9.70. The Morgan fingerprint density at radius 3 is 0.935 bits per heavy atom. The molecule has 14 heteroatoms. The maximum absolute atomic E-state index is 8.56. The van der Waals surface area contributed by atoms with Crippen molar-refractivity contribution in [2.45, 2.75) is 0 Å². The number of benzene rings is 6. The van der Waals surface area contributed by atoms with Gasteiger partial charge in [0.05, 0.1) is 44.5 Å². The number of hydrogen-bond acceptors (Lipinski definition) is 6. The number of aromatic amines is 2. The summed E-state index contributed by atoms with van der Waals surface area (Å²) in [4.78, 5) is 16.2. The van der Waals surface area contributed by atoms with E-state index in [0.717, 1.165) is 32.8 Å². The average molecular weight is 875 g/mol. The zero-order valence-corrected chi connectivity index (χ0v) is 39.3. The van der Waals surface area contributed by atoms with Gasteiger partial charge >= 0.3 is 0 Å². The maximum atomic E-state index is 8.56. The molecule has 2 atom stereocenters. The van der Waals surface area contributed by atoms with Crippen LogP contribution in [-0.2, 0) is 22.7 Å². The SMILES string of the molecule is O=S([O-])O.O=S([O-])O.[Na].[Na].c1ccc(-c2cc[nH+]c3c2ccc2c(-c4ccccc4)cc[nH+]c23)cc1.c1ccc(-c2ccnc3c2ccc2c(-c4ccccc4)ccnc23)cc1. The zero-order valence-electron chi connectivity index (χ0n) is 33.7. The molecule has 62 heavy (non-hydrogen) atoms. The number of nitrogens with zero attached hydrogens (tertiary/aromatic N) is 2.